The van der Waals surface area contributed by atoms with E-state index < -0.39 is 10.8 Å². The molecule has 2 aromatic carbocycles. The zero-order valence-electron chi connectivity index (χ0n) is 17.5. The molecule has 1 amide bonds. The van der Waals surface area contributed by atoms with Crippen LogP contribution in [0.2, 0.25) is 5.02 Å². The van der Waals surface area contributed by atoms with Crippen LogP contribution in [-0.4, -0.2) is 20.6 Å². The number of aromatic nitrogens is 2. The second kappa shape index (κ2) is 9.58. The van der Waals surface area contributed by atoms with E-state index in [-0.39, 0.29) is 23.8 Å². The average Bonchev–Trinajstić information content (AvgIpc) is 3.44. The first-order valence-electron chi connectivity index (χ1n) is 9.92. The number of carbonyl (C=O) groups excluding carboxylic acids is 1. The van der Waals surface area contributed by atoms with Gasteiger partial charge >= 0.3 is 5.69 Å². The second-order valence-corrected chi connectivity index (χ2v) is 7.73. The van der Waals surface area contributed by atoms with Gasteiger partial charge in [-0.05, 0) is 48.4 Å². The molecule has 0 unspecified atom stereocenters. The molecule has 0 saturated carbocycles. The minimum Gasteiger partial charge on any atom is -0.479 e. The normalized spacial score (nSPS) is 10.7. The molecular weight excluding hydrogens is 448 g/mol. The summed E-state index contributed by atoms with van der Waals surface area (Å²) in [5.41, 5.74) is 2.15. The van der Waals surface area contributed by atoms with Crippen LogP contribution < -0.4 is 10.1 Å². The van der Waals surface area contributed by atoms with E-state index in [4.69, 9.17) is 20.8 Å². The molecule has 10 heteroatoms. The summed E-state index contributed by atoms with van der Waals surface area (Å²) >= 11 is 5.90. The first-order valence-corrected chi connectivity index (χ1v) is 10.3. The van der Waals surface area contributed by atoms with Crippen molar-refractivity contribution in [2.75, 3.05) is 5.32 Å². The number of nitro groups is 1. The van der Waals surface area contributed by atoms with Gasteiger partial charge in [-0.2, -0.15) is 5.10 Å². The summed E-state index contributed by atoms with van der Waals surface area (Å²) in [4.78, 5) is 23.2. The maximum absolute atomic E-state index is 12.5. The van der Waals surface area contributed by atoms with E-state index in [9.17, 15) is 14.9 Å². The Labute approximate surface area is 193 Å². The number of halogens is 1. The Balaban J connectivity index is 1.35. The summed E-state index contributed by atoms with van der Waals surface area (Å²) in [5.74, 6) is 0.112. The lowest BCUT2D eigenvalue weighted by molar-refractivity contribution is -0.386. The fraction of sp³-hybridized carbons (Fsp3) is 0.130. The van der Waals surface area contributed by atoms with Crippen LogP contribution >= 0.6 is 11.6 Å². The molecule has 168 valence electrons. The summed E-state index contributed by atoms with van der Waals surface area (Å²) in [7, 11) is 0. The van der Waals surface area contributed by atoms with Crippen molar-refractivity contribution in [3.8, 4) is 5.75 Å². The van der Waals surface area contributed by atoms with Crippen molar-refractivity contribution >= 4 is 28.9 Å². The molecular formula is C23H19ClN4O5. The predicted octanol–water partition coefficient (Wildman–Crippen LogP) is 5.23. The summed E-state index contributed by atoms with van der Waals surface area (Å²) in [5, 5.41) is 18.8. The highest BCUT2D eigenvalue weighted by Gasteiger charge is 2.17. The molecule has 9 nitrogen and oxygen atoms in total. The Kier molecular flexibility index (Phi) is 6.41. The van der Waals surface area contributed by atoms with Crippen LogP contribution in [0.5, 0.6) is 5.75 Å². The van der Waals surface area contributed by atoms with E-state index in [1.807, 2.05) is 12.1 Å². The third-order valence-corrected chi connectivity index (χ3v) is 4.97. The molecule has 0 radical (unpaired) electrons. The Morgan fingerprint density at radius 3 is 2.76 bits per heavy atom. The number of hydrogen-bond donors (Lipinski definition) is 1. The Morgan fingerprint density at radius 1 is 1.21 bits per heavy atom. The number of nitrogens with zero attached hydrogens (tertiary/aromatic N) is 3. The number of aryl methyl sites for hydroxylation is 1. The Bertz CT molecular complexity index is 1300. The molecule has 2 aromatic heterocycles. The molecule has 33 heavy (non-hydrogen) atoms. The molecule has 0 saturated heterocycles. The van der Waals surface area contributed by atoms with Crippen LogP contribution in [-0.2, 0) is 13.2 Å². The highest BCUT2D eigenvalue weighted by molar-refractivity contribution is 6.30. The molecule has 0 bridgehead atoms. The molecule has 0 aliphatic heterocycles. The van der Waals surface area contributed by atoms with Gasteiger partial charge in [-0.1, -0.05) is 29.8 Å². The van der Waals surface area contributed by atoms with E-state index >= 15 is 0 Å². The molecule has 0 fully saturated rings. The topological polar surface area (TPSA) is 112 Å². The molecule has 0 aliphatic carbocycles. The van der Waals surface area contributed by atoms with Gasteiger partial charge in [-0.15, -0.1) is 0 Å². The standard InChI is InChI=1S/C23H19ClN4O5/c1-15-2-8-21(20(10-15)28(30)31)32-14-19-7-9-22(33-19)23(29)26-18-11-25-27(13-18)12-16-3-5-17(24)6-4-16/h2-11,13H,12,14H2,1H3,(H,26,29). The molecule has 0 aliphatic rings. The number of furan rings is 1. The zero-order chi connectivity index (χ0) is 23.4. The minimum absolute atomic E-state index is 0.0593. The van der Waals surface area contributed by atoms with Crippen LogP contribution in [0, 0.1) is 17.0 Å². The third kappa shape index (κ3) is 5.58. The smallest absolute Gasteiger partial charge is 0.311 e. The number of nitrogens with one attached hydrogen (secondary N) is 1. The molecule has 0 spiro atoms. The second-order valence-electron chi connectivity index (χ2n) is 7.29. The zero-order valence-corrected chi connectivity index (χ0v) is 18.3. The molecule has 2 heterocycles. The van der Waals surface area contributed by atoms with Crippen molar-refractivity contribution in [1.82, 2.24) is 9.78 Å². The Hall–Kier alpha value is -4.11. The van der Waals surface area contributed by atoms with E-state index in [1.165, 1.54) is 24.4 Å². The lowest BCUT2D eigenvalue weighted by atomic mass is 10.2. The third-order valence-electron chi connectivity index (χ3n) is 4.72. The summed E-state index contributed by atoms with van der Waals surface area (Å²) in [6.07, 6.45) is 3.24. The van der Waals surface area contributed by atoms with E-state index in [2.05, 4.69) is 10.4 Å². The quantitative estimate of drug-likeness (QED) is 0.281. The first-order chi connectivity index (χ1) is 15.9. The monoisotopic (exact) mass is 466 g/mol. The highest BCUT2D eigenvalue weighted by Crippen LogP contribution is 2.28. The minimum atomic E-state index is -0.504. The maximum Gasteiger partial charge on any atom is 0.311 e. The van der Waals surface area contributed by atoms with Crippen LogP contribution in [0.15, 0.2) is 71.4 Å². The number of anilines is 1. The van der Waals surface area contributed by atoms with E-state index in [0.717, 1.165) is 11.1 Å². The van der Waals surface area contributed by atoms with Gasteiger partial charge in [-0.25, -0.2) is 0 Å². The number of nitro benzene ring substituents is 1. The van der Waals surface area contributed by atoms with Gasteiger partial charge < -0.3 is 14.5 Å². The molecule has 4 rings (SSSR count). The van der Waals surface area contributed by atoms with E-state index in [1.54, 1.807) is 42.1 Å². The van der Waals surface area contributed by atoms with Gasteiger partial charge in [-0.3, -0.25) is 19.6 Å². The summed E-state index contributed by atoms with van der Waals surface area (Å²) in [6.45, 7) is 2.23. The van der Waals surface area contributed by atoms with Gasteiger partial charge in [0.1, 0.15) is 12.4 Å². The summed E-state index contributed by atoms with van der Waals surface area (Å²) in [6, 6.07) is 15.2. The SMILES string of the molecule is Cc1ccc(OCc2ccc(C(=O)Nc3cnn(Cc4ccc(Cl)cc4)c3)o2)c([N+](=O)[O-])c1. The van der Waals surface area contributed by atoms with E-state index in [0.29, 0.717) is 23.0 Å². The number of ether oxygens (including phenoxy) is 1. The van der Waals surface area contributed by atoms with Crippen molar-refractivity contribution < 1.29 is 18.9 Å². The number of benzene rings is 2. The number of carbonyl (C=O) groups is 1. The van der Waals surface area contributed by atoms with Crippen molar-refractivity contribution in [1.29, 1.82) is 0 Å². The fourth-order valence-corrected chi connectivity index (χ4v) is 3.23. The predicted molar refractivity (Wildman–Crippen MR) is 122 cm³/mol. The van der Waals surface area contributed by atoms with Crippen molar-refractivity contribution in [2.45, 2.75) is 20.1 Å². The molecule has 1 N–H and O–H groups in total. The number of hydrogen-bond acceptors (Lipinski definition) is 6. The average molecular weight is 467 g/mol. The lowest BCUT2D eigenvalue weighted by Gasteiger charge is -2.06. The molecule has 0 atom stereocenters. The highest BCUT2D eigenvalue weighted by atomic mass is 35.5. The van der Waals surface area contributed by atoms with Gasteiger partial charge in [0.05, 0.1) is 23.4 Å². The fourth-order valence-electron chi connectivity index (χ4n) is 3.10. The summed E-state index contributed by atoms with van der Waals surface area (Å²) < 4.78 is 12.7. The van der Waals surface area contributed by atoms with Crippen molar-refractivity contribution in [3.05, 3.63) is 105 Å². The number of rotatable bonds is 8. The van der Waals surface area contributed by atoms with Gasteiger partial charge in [0.15, 0.2) is 11.5 Å². The molecule has 4 aromatic rings. The first kappa shape index (κ1) is 22.1. The lowest BCUT2D eigenvalue weighted by Crippen LogP contribution is -2.10. The van der Waals surface area contributed by atoms with Crippen LogP contribution in [0.3, 0.4) is 0 Å². The van der Waals surface area contributed by atoms with Crippen LogP contribution in [0.1, 0.15) is 27.4 Å². The van der Waals surface area contributed by atoms with Crippen molar-refractivity contribution in [2.24, 2.45) is 0 Å². The largest absolute Gasteiger partial charge is 0.479 e. The maximum atomic E-state index is 12.5. The Morgan fingerprint density at radius 2 is 2.00 bits per heavy atom. The van der Waals surface area contributed by atoms with Gasteiger partial charge in [0, 0.05) is 17.3 Å². The van der Waals surface area contributed by atoms with Gasteiger partial charge in [0.2, 0.25) is 0 Å². The van der Waals surface area contributed by atoms with Crippen molar-refractivity contribution in [3.63, 3.8) is 0 Å². The van der Waals surface area contributed by atoms with Crippen LogP contribution in [0.25, 0.3) is 0 Å². The van der Waals surface area contributed by atoms with Gasteiger partial charge in [0.25, 0.3) is 5.91 Å². The number of amides is 1. The van der Waals surface area contributed by atoms with Crippen LogP contribution in [0.4, 0.5) is 11.4 Å².